The van der Waals surface area contributed by atoms with E-state index in [-0.39, 0.29) is 18.6 Å². The summed E-state index contributed by atoms with van der Waals surface area (Å²) < 4.78 is 11.1. The van der Waals surface area contributed by atoms with Crippen molar-refractivity contribution in [2.75, 3.05) is 13.2 Å². The predicted molar refractivity (Wildman–Crippen MR) is 114 cm³/mol. The highest BCUT2D eigenvalue weighted by Gasteiger charge is 2.25. The van der Waals surface area contributed by atoms with Gasteiger partial charge in [0.1, 0.15) is 18.1 Å². The van der Waals surface area contributed by atoms with Gasteiger partial charge in [0.25, 0.3) is 11.1 Å². The first-order valence-electron chi connectivity index (χ1n) is 9.14. The fourth-order valence-corrected chi connectivity index (χ4v) is 3.98. The van der Waals surface area contributed by atoms with Gasteiger partial charge < -0.3 is 14.8 Å². The van der Waals surface area contributed by atoms with Crippen LogP contribution in [0.4, 0.5) is 4.79 Å². The molecule has 0 aromatic heterocycles. The molecule has 0 radical (unpaired) electrons. The van der Waals surface area contributed by atoms with E-state index in [2.05, 4.69) is 10.6 Å². The number of carbonyl (C=O) groups excluding carboxylic acids is 3. The van der Waals surface area contributed by atoms with Crippen LogP contribution < -0.4 is 15.4 Å². The van der Waals surface area contributed by atoms with Gasteiger partial charge in [0.2, 0.25) is 5.91 Å². The first kappa shape index (κ1) is 20.5. The molecule has 2 N–H and O–H groups in total. The maximum atomic E-state index is 11.7. The lowest BCUT2D eigenvalue weighted by atomic mass is 10.1. The van der Waals surface area contributed by atoms with Crippen molar-refractivity contribution in [3.8, 4) is 11.5 Å². The Morgan fingerprint density at radius 3 is 2.57 bits per heavy atom. The molecule has 2 heterocycles. The van der Waals surface area contributed by atoms with Crippen LogP contribution >= 0.6 is 23.4 Å². The summed E-state index contributed by atoms with van der Waals surface area (Å²) in [5, 5.41) is 5.11. The van der Waals surface area contributed by atoms with E-state index in [0.717, 1.165) is 17.3 Å². The molecule has 2 aromatic rings. The zero-order chi connectivity index (χ0) is 21.1. The van der Waals surface area contributed by atoms with Crippen LogP contribution in [0.25, 0.3) is 6.08 Å². The fraction of sp³-hybridized carbons (Fsp3) is 0.190. The van der Waals surface area contributed by atoms with E-state index in [1.54, 1.807) is 24.3 Å². The molecular formula is C21H17ClN2O5S. The first-order valence-corrected chi connectivity index (χ1v) is 10.3. The normalized spacial score (nSPS) is 20.2. The summed E-state index contributed by atoms with van der Waals surface area (Å²) in [6.45, 7) is 0.616. The van der Waals surface area contributed by atoms with Crippen LogP contribution in [0.5, 0.6) is 11.5 Å². The Labute approximate surface area is 181 Å². The molecule has 0 aliphatic carbocycles. The van der Waals surface area contributed by atoms with Gasteiger partial charge in [0.05, 0.1) is 22.6 Å². The van der Waals surface area contributed by atoms with Crippen LogP contribution in [-0.2, 0) is 20.7 Å². The number of morpholine rings is 1. The number of thioether (sulfide) groups is 1. The quantitative estimate of drug-likeness (QED) is 0.685. The van der Waals surface area contributed by atoms with Crippen LogP contribution in [0.1, 0.15) is 11.1 Å². The number of halogens is 1. The summed E-state index contributed by atoms with van der Waals surface area (Å²) in [4.78, 5) is 34.6. The second-order valence-electron chi connectivity index (χ2n) is 6.77. The third-order valence-electron chi connectivity index (χ3n) is 4.46. The zero-order valence-electron chi connectivity index (χ0n) is 15.6. The van der Waals surface area contributed by atoms with Gasteiger partial charge in [-0.1, -0.05) is 23.7 Å². The molecular weight excluding hydrogens is 428 g/mol. The molecule has 2 aliphatic heterocycles. The molecule has 154 valence electrons. The van der Waals surface area contributed by atoms with Crippen molar-refractivity contribution in [3.05, 3.63) is 63.5 Å². The molecule has 0 saturated carbocycles. The van der Waals surface area contributed by atoms with E-state index < -0.39 is 11.1 Å². The largest absolute Gasteiger partial charge is 0.457 e. The molecule has 3 amide bonds. The van der Waals surface area contributed by atoms with Crippen molar-refractivity contribution in [1.29, 1.82) is 0 Å². The van der Waals surface area contributed by atoms with Gasteiger partial charge in [-0.3, -0.25) is 19.7 Å². The lowest BCUT2D eigenvalue weighted by molar-refractivity contribution is -0.131. The minimum atomic E-state index is -0.430. The number of imide groups is 1. The topological polar surface area (TPSA) is 93.7 Å². The molecule has 0 bridgehead atoms. The molecule has 4 rings (SSSR count). The number of carbonyl (C=O) groups is 3. The average Bonchev–Trinajstić information content (AvgIpc) is 3.02. The molecule has 1 unspecified atom stereocenters. The summed E-state index contributed by atoms with van der Waals surface area (Å²) >= 11 is 7.15. The minimum absolute atomic E-state index is 0.0334. The standard InChI is InChI=1S/C21H17ClN2O5S/c22-17-9-16(6-3-13(17)8-18-20(26)24-21(27)30-18)29-15-4-1-12(2-5-15)7-14-10-28-11-19(25)23-14/h1-6,8-9,14H,7,10-11H2,(H,23,25)(H,24,26,27)/b18-8+. The van der Waals surface area contributed by atoms with Crippen molar-refractivity contribution in [2.45, 2.75) is 12.5 Å². The van der Waals surface area contributed by atoms with Gasteiger partial charge in [0.15, 0.2) is 0 Å². The van der Waals surface area contributed by atoms with Gasteiger partial charge in [-0.15, -0.1) is 0 Å². The van der Waals surface area contributed by atoms with Crippen molar-refractivity contribution in [2.24, 2.45) is 0 Å². The van der Waals surface area contributed by atoms with E-state index in [1.165, 1.54) is 0 Å². The number of hydrogen-bond donors (Lipinski definition) is 2. The Morgan fingerprint density at radius 2 is 1.90 bits per heavy atom. The number of benzene rings is 2. The maximum absolute atomic E-state index is 11.7. The summed E-state index contributed by atoms with van der Waals surface area (Å²) in [6, 6.07) is 12.6. The zero-order valence-corrected chi connectivity index (χ0v) is 17.2. The van der Waals surface area contributed by atoms with Gasteiger partial charge in [-0.05, 0) is 65.7 Å². The number of ether oxygens (including phenoxy) is 2. The molecule has 2 aromatic carbocycles. The minimum Gasteiger partial charge on any atom is -0.457 e. The third-order valence-corrected chi connectivity index (χ3v) is 5.60. The molecule has 2 aliphatic rings. The van der Waals surface area contributed by atoms with Gasteiger partial charge in [-0.25, -0.2) is 0 Å². The van der Waals surface area contributed by atoms with Crippen molar-refractivity contribution in [3.63, 3.8) is 0 Å². The second kappa shape index (κ2) is 8.91. The van der Waals surface area contributed by atoms with E-state index in [0.29, 0.717) is 40.0 Å². The Balaban J connectivity index is 1.40. The monoisotopic (exact) mass is 444 g/mol. The average molecular weight is 445 g/mol. The van der Waals surface area contributed by atoms with E-state index in [9.17, 15) is 14.4 Å². The van der Waals surface area contributed by atoms with Crippen molar-refractivity contribution in [1.82, 2.24) is 10.6 Å². The lowest BCUT2D eigenvalue weighted by Crippen LogP contribution is -2.46. The van der Waals surface area contributed by atoms with E-state index >= 15 is 0 Å². The van der Waals surface area contributed by atoms with Gasteiger partial charge in [-0.2, -0.15) is 0 Å². The smallest absolute Gasteiger partial charge is 0.290 e. The lowest BCUT2D eigenvalue weighted by Gasteiger charge is -2.23. The molecule has 30 heavy (non-hydrogen) atoms. The summed E-state index contributed by atoms with van der Waals surface area (Å²) in [5.41, 5.74) is 1.67. The summed E-state index contributed by atoms with van der Waals surface area (Å²) in [6.07, 6.45) is 2.24. The SMILES string of the molecule is O=C1COCC(Cc2ccc(Oc3ccc(/C=C4/SC(=O)NC4=O)c(Cl)c3)cc2)N1. The molecule has 7 nitrogen and oxygen atoms in total. The molecule has 2 saturated heterocycles. The maximum Gasteiger partial charge on any atom is 0.290 e. The summed E-state index contributed by atoms with van der Waals surface area (Å²) in [5.74, 6) is 0.658. The predicted octanol–water partition coefficient (Wildman–Crippen LogP) is 3.51. The van der Waals surface area contributed by atoms with Crippen molar-refractivity contribution >= 4 is 46.5 Å². The van der Waals surface area contributed by atoms with Gasteiger partial charge >= 0.3 is 0 Å². The highest BCUT2D eigenvalue weighted by atomic mass is 35.5. The van der Waals surface area contributed by atoms with Gasteiger partial charge in [0, 0.05) is 0 Å². The summed E-state index contributed by atoms with van der Waals surface area (Å²) in [7, 11) is 0. The highest BCUT2D eigenvalue weighted by Crippen LogP contribution is 2.31. The molecule has 0 spiro atoms. The molecule has 1 atom stereocenters. The number of amides is 3. The Kier molecular flexibility index (Phi) is 6.08. The van der Waals surface area contributed by atoms with Crippen LogP contribution in [0.2, 0.25) is 5.02 Å². The second-order valence-corrected chi connectivity index (χ2v) is 8.19. The van der Waals surface area contributed by atoms with Crippen LogP contribution in [0, 0.1) is 0 Å². The van der Waals surface area contributed by atoms with Crippen molar-refractivity contribution < 1.29 is 23.9 Å². The van der Waals surface area contributed by atoms with Crippen LogP contribution in [-0.4, -0.2) is 36.3 Å². The third kappa shape index (κ3) is 5.02. The Hall–Kier alpha value is -2.81. The highest BCUT2D eigenvalue weighted by molar-refractivity contribution is 8.18. The van der Waals surface area contributed by atoms with E-state index in [1.807, 2.05) is 24.3 Å². The van der Waals surface area contributed by atoms with Crippen LogP contribution in [0.3, 0.4) is 0 Å². The molecule has 2 fully saturated rings. The number of nitrogens with one attached hydrogen (secondary N) is 2. The Morgan fingerprint density at radius 1 is 1.13 bits per heavy atom. The van der Waals surface area contributed by atoms with E-state index in [4.69, 9.17) is 21.1 Å². The Bertz CT molecular complexity index is 1040. The molecule has 9 heteroatoms. The number of rotatable bonds is 5. The first-order chi connectivity index (χ1) is 14.5. The fourth-order valence-electron chi connectivity index (χ4n) is 3.08. The number of hydrogen-bond acceptors (Lipinski definition) is 6. The van der Waals surface area contributed by atoms with Crippen LogP contribution in [0.15, 0.2) is 47.4 Å².